The third-order valence-corrected chi connectivity index (χ3v) is 3.19. The van der Waals surface area contributed by atoms with Crippen molar-refractivity contribution < 1.29 is 4.79 Å². The van der Waals surface area contributed by atoms with E-state index in [0.717, 1.165) is 10.9 Å². The van der Waals surface area contributed by atoms with Crippen LogP contribution in [0, 0.1) is 0 Å². The van der Waals surface area contributed by atoms with Crippen molar-refractivity contribution in [1.29, 1.82) is 0 Å². The normalized spacial score (nSPS) is 10.4. The van der Waals surface area contributed by atoms with Gasteiger partial charge in [-0.15, -0.1) is 0 Å². The zero-order valence-corrected chi connectivity index (χ0v) is 11.1. The number of nitrogens with zero attached hydrogens (tertiary/aromatic N) is 2. The van der Waals surface area contributed by atoms with Crippen LogP contribution in [0.1, 0.15) is 10.4 Å². The summed E-state index contributed by atoms with van der Waals surface area (Å²) in [7, 11) is 0. The average molecular weight is 284 g/mol. The molecule has 0 fully saturated rings. The highest BCUT2D eigenvalue weighted by Gasteiger charge is 2.12. The Morgan fingerprint density at radius 2 is 1.80 bits per heavy atom. The Morgan fingerprint density at radius 1 is 1.00 bits per heavy atom. The predicted octanol–water partition coefficient (Wildman–Crippen LogP) is 3.54. The Balaban J connectivity index is 1.99. The predicted molar refractivity (Wildman–Crippen MR) is 78.9 cm³/mol. The number of carbonyl (C=O) groups excluding carboxylic acids is 1. The average Bonchev–Trinajstić information content (AvgIpc) is 2.49. The van der Waals surface area contributed by atoms with Gasteiger partial charge in [-0.05, 0) is 30.3 Å². The number of benzene rings is 1. The van der Waals surface area contributed by atoms with Crippen molar-refractivity contribution in [2.75, 3.05) is 5.32 Å². The van der Waals surface area contributed by atoms with Crippen LogP contribution in [0.25, 0.3) is 10.9 Å². The van der Waals surface area contributed by atoms with Gasteiger partial charge in [0.2, 0.25) is 0 Å². The number of amides is 1. The summed E-state index contributed by atoms with van der Waals surface area (Å²) in [6.45, 7) is 0. The number of hydrogen-bond acceptors (Lipinski definition) is 3. The topological polar surface area (TPSA) is 54.9 Å². The van der Waals surface area contributed by atoms with Crippen molar-refractivity contribution in [3.05, 3.63) is 65.4 Å². The molecule has 98 valence electrons. The Bertz CT molecular complexity index is 783. The molecule has 20 heavy (non-hydrogen) atoms. The number of carbonyl (C=O) groups is 1. The molecule has 1 N–H and O–H groups in total. The Kier molecular flexibility index (Phi) is 3.31. The van der Waals surface area contributed by atoms with Crippen LogP contribution in [0.4, 0.5) is 5.82 Å². The quantitative estimate of drug-likeness (QED) is 0.783. The van der Waals surface area contributed by atoms with E-state index in [9.17, 15) is 4.79 Å². The number of aromatic nitrogens is 2. The minimum Gasteiger partial charge on any atom is -0.305 e. The number of anilines is 1. The van der Waals surface area contributed by atoms with Crippen molar-refractivity contribution in [2.24, 2.45) is 0 Å². The van der Waals surface area contributed by atoms with E-state index in [0.29, 0.717) is 16.4 Å². The molecular weight excluding hydrogens is 274 g/mol. The molecular formula is C15H10ClN3O. The smallest absolute Gasteiger partial charge is 0.257 e. The van der Waals surface area contributed by atoms with Gasteiger partial charge in [-0.1, -0.05) is 23.7 Å². The minimum atomic E-state index is -0.260. The molecule has 0 aliphatic carbocycles. The highest BCUT2D eigenvalue weighted by atomic mass is 35.5. The summed E-state index contributed by atoms with van der Waals surface area (Å²) in [5.74, 6) is 0.0873. The van der Waals surface area contributed by atoms with E-state index in [1.54, 1.807) is 42.7 Å². The summed E-state index contributed by atoms with van der Waals surface area (Å²) >= 11 is 5.98. The van der Waals surface area contributed by atoms with Crippen LogP contribution < -0.4 is 5.32 Å². The Hall–Kier alpha value is -2.46. The lowest BCUT2D eigenvalue weighted by molar-refractivity contribution is 0.102. The SMILES string of the molecule is O=C(Nc1ncccc1Cl)c1cccc2ncccc12. The van der Waals surface area contributed by atoms with Crippen LogP contribution in [0.2, 0.25) is 5.02 Å². The molecule has 4 nitrogen and oxygen atoms in total. The second-order valence-corrected chi connectivity index (χ2v) is 4.57. The second kappa shape index (κ2) is 5.27. The van der Waals surface area contributed by atoms with Crippen molar-refractivity contribution in [3.63, 3.8) is 0 Å². The molecule has 3 aromatic rings. The maximum absolute atomic E-state index is 12.3. The Labute approximate surface area is 120 Å². The summed E-state index contributed by atoms with van der Waals surface area (Å²) < 4.78 is 0. The van der Waals surface area contributed by atoms with Crippen LogP contribution in [0.15, 0.2) is 54.9 Å². The summed E-state index contributed by atoms with van der Waals surface area (Å²) in [5.41, 5.74) is 1.31. The Morgan fingerprint density at radius 3 is 2.65 bits per heavy atom. The maximum Gasteiger partial charge on any atom is 0.257 e. The maximum atomic E-state index is 12.3. The lowest BCUT2D eigenvalue weighted by atomic mass is 10.1. The van der Waals surface area contributed by atoms with E-state index in [4.69, 9.17) is 11.6 Å². The van der Waals surface area contributed by atoms with Crippen molar-refractivity contribution in [2.45, 2.75) is 0 Å². The van der Waals surface area contributed by atoms with E-state index in [1.807, 2.05) is 12.1 Å². The summed E-state index contributed by atoms with van der Waals surface area (Å²) in [6.07, 6.45) is 3.27. The molecule has 0 unspecified atom stereocenters. The highest BCUT2D eigenvalue weighted by Crippen LogP contribution is 2.21. The van der Waals surface area contributed by atoms with Gasteiger partial charge in [0.05, 0.1) is 10.5 Å². The molecule has 1 amide bonds. The van der Waals surface area contributed by atoms with Gasteiger partial charge in [0, 0.05) is 23.3 Å². The van der Waals surface area contributed by atoms with Crippen LogP contribution in [-0.4, -0.2) is 15.9 Å². The fourth-order valence-electron chi connectivity index (χ4n) is 1.95. The molecule has 0 spiro atoms. The van der Waals surface area contributed by atoms with E-state index in [1.165, 1.54) is 0 Å². The molecule has 0 radical (unpaired) electrons. The standard InChI is InChI=1S/C15H10ClN3O/c16-12-6-3-9-18-14(12)19-15(20)11-4-1-7-13-10(11)5-2-8-17-13/h1-9H,(H,18,19,20). The van der Waals surface area contributed by atoms with Crippen molar-refractivity contribution in [3.8, 4) is 0 Å². The van der Waals surface area contributed by atoms with E-state index < -0.39 is 0 Å². The minimum absolute atomic E-state index is 0.260. The first-order chi connectivity index (χ1) is 9.75. The molecule has 0 aliphatic rings. The van der Waals surface area contributed by atoms with E-state index in [-0.39, 0.29) is 5.91 Å². The van der Waals surface area contributed by atoms with Crippen LogP contribution in [0.5, 0.6) is 0 Å². The molecule has 0 atom stereocenters. The summed E-state index contributed by atoms with van der Waals surface area (Å²) in [6, 6.07) is 12.4. The first-order valence-corrected chi connectivity index (χ1v) is 6.39. The van der Waals surface area contributed by atoms with Crippen LogP contribution in [0.3, 0.4) is 0 Å². The van der Waals surface area contributed by atoms with Gasteiger partial charge in [-0.3, -0.25) is 9.78 Å². The molecule has 5 heteroatoms. The van der Waals surface area contributed by atoms with Crippen LogP contribution >= 0.6 is 11.6 Å². The number of fused-ring (bicyclic) bond motifs is 1. The van der Waals surface area contributed by atoms with Gasteiger partial charge in [0.1, 0.15) is 0 Å². The second-order valence-electron chi connectivity index (χ2n) is 4.16. The van der Waals surface area contributed by atoms with Gasteiger partial charge < -0.3 is 5.32 Å². The largest absolute Gasteiger partial charge is 0.305 e. The molecule has 0 saturated carbocycles. The van der Waals surface area contributed by atoms with Gasteiger partial charge in [-0.2, -0.15) is 0 Å². The molecule has 0 aliphatic heterocycles. The van der Waals surface area contributed by atoms with Gasteiger partial charge in [0.25, 0.3) is 5.91 Å². The summed E-state index contributed by atoms with van der Waals surface area (Å²) in [4.78, 5) is 20.6. The van der Waals surface area contributed by atoms with Crippen LogP contribution in [-0.2, 0) is 0 Å². The number of nitrogens with one attached hydrogen (secondary N) is 1. The molecule has 0 saturated heterocycles. The number of halogens is 1. The number of rotatable bonds is 2. The lowest BCUT2D eigenvalue weighted by Gasteiger charge is -2.08. The third kappa shape index (κ3) is 2.33. The number of pyridine rings is 2. The first-order valence-electron chi connectivity index (χ1n) is 6.01. The first kappa shape index (κ1) is 12.6. The lowest BCUT2D eigenvalue weighted by Crippen LogP contribution is -2.13. The fraction of sp³-hybridized carbons (Fsp3) is 0. The summed E-state index contributed by atoms with van der Waals surface area (Å²) in [5, 5.41) is 3.90. The fourth-order valence-corrected chi connectivity index (χ4v) is 2.12. The van der Waals surface area contributed by atoms with E-state index in [2.05, 4.69) is 15.3 Å². The molecule has 3 rings (SSSR count). The van der Waals surface area contributed by atoms with Gasteiger partial charge in [-0.25, -0.2) is 4.98 Å². The molecule has 1 aromatic carbocycles. The van der Waals surface area contributed by atoms with Crippen molar-refractivity contribution >= 4 is 34.2 Å². The zero-order valence-electron chi connectivity index (χ0n) is 10.4. The monoisotopic (exact) mass is 283 g/mol. The van der Waals surface area contributed by atoms with E-state index >= 15 is 0 Å². The third-order valence-electron chi connectivity index (χ3n) is 2.88. The number of hydrogen-bond donors (Lipinski definition) is 1. The van der Waals surface area contributed by atoms with Crippen molar-refractivity contribution in [1.82, 2.24) is 9.97 Å². The zero-order chi connectivity index (χ0) is 13.9. The van der Waals surface area contributed by atoms with Gasteiger partial charge in [0.15, 0.2) is 5.82 Å². The van der Waals surface area contributed by atoms with Gasteiger partial charge >= 0.3 is 0 Å². The molecule has 2 heterocycles. The highest BCUT2D eigenvalue weighted by molar-refractivity contribution is 6.33. The molecule has 2 aromatic heterocycles. The molecule has 0 bridgehead atoms.